The van der Waals surface area contributed by atoms with Crippen LogP contribution in [0.1, 0.15) is 23.2 Å². The van der Waals surface area contributed by atoms with Crippen LogP contribution in [0.3, 0.4) is 0 Å². The molecule has 2 N–H and O–H groups in total. The monoisotopic (exact) mass is 225 g/mol. The van der Waals surface area contributed by atoms with Crippen molar-refractivity contribution in [2.24, 2.45) is 5.92 Å². The number of amides is 1. The minimum Gasteiger partial charge on any atom is -0.506 e. The lowest BCUT2D eigenvalue weighted by Gasteiger charge is -2.04. The Balaban J connectivity index is 2.00. The van der Waals surface area contributed by atoms with Crippen LogP contribution in [0.5, 0.6) is 5.75 Å². The highest BCUT2D eigenvalue weighted by atomic mass is 35.5. The maximum atomic E-state index is 11.6. The molecule has 0 heterocycles. The van der Waals surface area contributed by atoms with Crippen LogP contribution in [0.2, 0.25) is 5.02 Å². The van der Waals surface area contributed by atoms with Crippen LogP contribution in [0.25, 0.3) is 0 Å². The summed E-state index contributed by atoms with van der Waals surface area (Å²) >= 11 is 5.70. The molecule has 1 saturated carbocycles. The van der Waals surface area contributed by atoms with Crippen molar-refractivity contribution in [3.8, 4) is 5.75 Å². The van der Waals surface area contributed by atoms with Crippen LogP contribution in [0.4, 0.5) is 0 Å². The molecule has 4 heteroatoms. The highest BCUT2D eigenvalue weighted by molar-refractivity contribution is 6.32. The molecule has 0 unspecified atom stereocenters. The Morgan fingerprint density at radius 1 is 1.53 bits per heavy atom. The van der Waals surface area contributed by atoms with Crippen LogP contribution in [0, 0.1) is 5.92 Å². The number of nitrogens with one attached hydrogen (secondary N) is 1. The predicted octanol–water partition coefficient (Wildman–Crippen LogP) is 2.19. The zero-order valence-electron chi connectivity index (χ0n) is 8.16. The smallest absolute Gasteiger partial charge is 0.251 e. The lowest BCUT2D eigenvalue weighted by atomic mass is 10.2. The first kappa shape index (κ1) is 10.3. The second kappa shape index (κ2) is 4.11. The third-order valence-electron chi connectivity index (χ3n) is 2.46. The van der Waals surface area contributed by atoms with E-state index in [0.717, 1.165) is 6.54 Å². The molecule has 0 atom stereocenters. The highest BCUT2D eigenvalue weighted by Crippen LogP contribution is 2.28. The number of hydrogen-bond donors (Lipinski definition) is 2. The average molecular weight is 226 g/mol. The molecule has 15 heavy (non-hydrogen) atoms. The summed E-state index contributed by atoms with van der Waals surface area (Å²) in [5, 5.41) is 12.2. The molecule has 0 saturated heterocycles. The molecule has 1 aliphatic carbocycles. The van der Waals surface area contributed by atoms with Gasteiger partial charge in [-0.1, -0.05) is 11.6 Å². The van der Waals surface area contributed by atoms with Crippen molar-refractivity contribution in [2.45, 2.75) is 12.8 Å². The molecule has 0 radical (unpaired) electrons. The molecular formula is C11H12ClNO2. The minimum atomic E-state index is -0.135. The van der Waals surface area contributed by atoms with Gasteiger partial charge in [0.1, 0.15) is 5.75 Å². The van der Waals surface area contributed by atoms with Crippen molar-refractivity contribution in [1.82, 2.24) is 5.32 Å². The zero-order valence-corrected chi connectivity index (χ0v) is 8.92. The van der Waals surface area contributed by atoms with E-state index in [-0.39, 0.29) is 16.7 Å². The predicted molar refractivity (Wildman–Crippen MR) is 58.2 cm³/mol. The molecule has 1 aromatic rings. The van der Waals surface area contributed by atoms with Gasteiger partial charge >= 0.3 is 0 Å². The van der Waals surface area contributed by atoms with Gasteiger partial charge in [-0.25, -0.2) is 0 Å². The second-order valence-corrected chi connectivity index (χ2v) is 4.23. The van der Waals surface area contributed by atoms with Gasteiger partial charge in [0.2, 0.25) is 0 Å². The van der Waals surface area contributed by atoms with Gasteiger partial charge < -0.3 is 10.4 Å². The number of carbonyl (C=O) groups is 1. The van der Waals surface area contributed by atoms with Gasteiger partial charge in [-0.15, -0.1) is 0 Å². The molecule has 0 bridgehead atoms. The molecule has 1 aliphatic rings. The quantitative estimate of drug-likeness (QED) is 0.829. The molecule has 1 amide bonds. The fraction of sp³-hybridized carbons (Fsp3) is 0.364. The molecule has 0 aromatic heterocycles. The van der Waals surface area contributed by atoms with E-state index in [9.17, 15) is 9.90 Å². The van der Waals surface area contributed by atoms with E-state index in [1.54, 1.807) is 6.07 Å². The largest absolute Gasteiger partial charge is 0.506 e. The third-order valence-corrected chi connectivity index (χ3v) is 2.76. The van der Waals surface area contributed by atoms with E-state index in [2.05, 4.69) is 5.32 Å². The summed E-state index contributed by atoms with van der Waals surface area (Å²) in [6.45, 7) is 0.733. The second-order valence-electron chi connectivity index (χ2n) is 3.82. The Kier molecular flexibility index (Phi) is 2.82. The van der Waals surface area contributed by atoms with Gasteiger partial charge in [0.15, 0.2) is 0 Å². The van der Waals surface area contributed by atoms with E-state index in [1.165, 1.54) is 25.0 Å². The summed E-state index contributed by atoms with van der Waals surface area (Å²) in [5.74, 6) is 0.515. The number of benzene rings is 1. The summed E-state index contributed by atoms with van der Waals surface area (Å²) in [7, 11) is 0. The van der Waals surface area contributed by atoms with E-state index in [4.69, 9.17) is 11.6 Å². The van der Waals surface area contributed by atoms with Crippen LogP contribution in [-0.2, 0) is 0 Å². The SMILES string of the molecule is O=C(NCC1CC1)c1ccc(O)c(Cl)c1. The van der Waals surface area contributed by atoms with Crippen molar-refractivity contribution in [3.63, 3.8) is 0 Å². The molecular weight excluding hydrogens is 214 g/mol. The molecule has 0 spiro atoms. The summed E-state index contributed by atoms with van der Waals surface area (Å²) < 4.78 is 0. The number of phenolic OH excluding ortho intramolecular Hbond substituents is 1. The number of rotatable bonds is 3. The number of hydrogen-bond acceptors (Lipinski definition) is 2. The van der Waals surface area contributed by atoms with Crippen LogP contribution in [-0.4, -0.2) is 17.6 Å². The Labute approximate surface area is 93.1 Å². The normalized spacial score (nSPS) is 15.0. The summed E-state index contributed by atoms with van der Waals surface area (Å²) in [5.41, 5.74) is 0.485. The van der Waals surface area contributed by atoms with Crippen LogP contribution in [0.15, 0.2) is 18.2 Å². The lowest BCUT2D eigenvalue weighted by molar-refractivity contribution is 0.0952. The van der Waals surface area contributed by atoms with Crippen molar-refractivity contribution in [2.75, 3.05) is 6.54 Å². The summed E-state index contributed by atoms with van der Waals surface area (Å²) in [6.07, 6.45) is 2.41. The Morgan fingerprint density at radius 2 is 2.27 bits per heavy atom. The van der Waals surface area contributed by atoms with Crippen LogP contribution >= 0.6 is 11.6 Å². The van der Waals surface area contributed by atoms with Gasteiger partial charge in [-0.2, -0.15) is 0 Å². The van der Waals surface area contributed by atoms with E-state index in [0.29, 0.717) is 11.5 Å². The topological polar surface area (TPSA) is 49.3 Å². The first-order chi connectivity index (χ1) is 7.16. The maximum absolute atomic E-state index is 11.6. The van der Waals surface area contributed by atoms with Gasteiger partial charge in [-0.05, 0) is 37.0 Å². The zero-order chi connectivity index (χ0) is 10.8. The van der Waals surface area contributed by atoms with Gasteiger partial charge in [0, 0.05) is 12.1 Å². The fourth-order valence-electron chi connectivity index (χ4n) is 1.31. The first-order valence-corrected chi connectivity index (χ1v) is 5.31. The standard InChI is InChI=1S/C11H12ClNO2/c12-9-5-8(3-4-10(9)14)11(15)13-6-7-1-2-7/h3-5,7,14H,1-2,6H2,(H,13,15). The number of carbonyl (C=O) groups excluding carboxylic acids is 1. The number of phenols is 1. The van der Waals surface area contributed by atoms with E-state index >= 15 is 0 Å². The van der Waals surface area contributed by atoms with Gasteiger partial charge in [0.05, 0.1) is 5.02 Å². The average Bonchev–Trinajstić information content (AvgIpc) is 3.02. The van der Waals surface area contributed by atoms with Gasteiger partial charge in [0.25, 0.3) is 5.91 Å². The van der Waals surface area contributed by atoms with Gasteiger partial charge in [-0.3, -0.25) is 4.79 Å². The molecule has 1 aromatic carbocycles. The molecule has 0 aliphatic heterocycles. The maximum Gasteiger partial charge on any atom is 0.251 e. The Bertz CT molecular complexity index is 388. The number of aromatic hydroxyl groups is 1. The molecule has 80 valence electrons. The van der Waals surface area contributed by atoms with Crippen molar-refractivity contribution >= 4 is 17.5 Å². The number of halogens is 1. The molecule has 3 nitrogen and oxygen atoms in total. The van der Waals surface area contributed by atoms with Crippen molar-refractivity contribution in [3.05, 3.63) is 28.8 Å². The van der Waals surface area contributed by atoms with E-state index < -0.39 is 0 Å². The van der Waals surface area contributed by atoms with Crippen molar-refractivity contribution in [1.29, 1.82) is 0 Å². The van der Waals surface area contributed by atoms with Crippen LogP contribution < -0.4 is 5.32 Å². The lowest BCUT2D eigenvalue weighted by Crippen LogP contribution is -2.25. The summed E-state index contributed by atoms with van der Waals surface area (Å²) in [6, 6.07) is 4.46. The third kappa shape index (κ3) is 2.63. The highest BCUT2D eigenvalue weighted by Gasteiger charge is 2.21. The van der Waals surface area contributed by atoms with Crippen molar-refractivity contribution < 1.29 is 9.90 Å². The fourth-order valence-corrected chi connectivity index (χ4v) is 1.49. The first-order valence-electron chi connectivity index (χ1n) is 4.93. The Hall–Kier alpha value is -1.22. The van der Waals surface area contributed by atoms with E-state index in [1.807, 2.05) is 0 Å². The molecule has 2 rings (SSSR count). The molecule has 1 fully saturated rings. The Morgan fingerprint density at radius 3 is 2.87 bits per heavy atom. The minimum absolute atomic E-state index is 0.00425. The summed E-state index contributed by atoms with van der Waals surface area (Å²) in [4.78, 5) is 11.6.